The van der Waals surface area contributed by atoms with E-state index in [2.05, 4.69) is 5.32 Å². The molecule has 134 valence electrons. The fourth-order valence-electron chi connectivity index (χ4n) is 2.94. The van der Waals surface area contributed by atoms with E-state index in [9.17, 15) is 9.90 Å². The molecule has 1 heterocycles. The van der Waals surface area contributed by atoms with E-state index in [4.69, 9.17) is 4.74 Å². The predicted molar refractivity (Wildman–Crippen MR) is 95.3 cm³/mol. The summed E-state index contributed by atoms with van der Waals surface area (Å²) in [5.74, 6) is 0.358. The van der Waals surface area contributed by atoms with Gasteiger partial charge in [0.15, 0.2) is 0 Å². The van der Waals surface area contributed by atoms with Gasteiger partial charge in [0.25, 0.3) is 0 Å². The average molecular weight is 334 g/mol. The maximum Gasteiger partial charge on any atom is 0.410 e. The summed E-state index contributed by atoms with van der Waals surface area (Å²) in [6.45, 7) is 7.99. The van der Waals surface area contributed by atoms with Crippen LogP contribution in [0.4, 0.5) is 4.79 Å². The van der Waals surface area contributed by atoms with E-state index in [1.807, 2.05) is 43.9 Å². The third-order valence-corrected chi connectivity index (χ3v) is 4.20. The van der Waals surface area contributed by atoms with E-state index in [1.165, 1.54) is 0 Å². The van der Waals surface area contributed by atoms with Crippen molar-refractivity contribution < 1.29 is 14.6 Å². The van der Waals surface area contributed by atoms with Crippen molar-refractivity contribution >= 4 is 6.09 Å². The van der Waals surface area contributed by atoms with Crippen LogP contribution in [-0.2, 0) is 11.2 Å². The molecule has 1 atom stereocenters. The van der Waals surface area contributed by atoms with E-state index in [0.29, 0.717) is 11.8 Å². The van der Waals surface area contributed by atoms with Gasteiger partial charge >= 0.3 is 6.09 Å². The summed E-state index contributed by atoms with van der Waals surface area (Å²) >= 11 is 0. The molecular weight excluding hydrogens is 304 g/mol. The van der Waals surface area contributed by atoms with Crippen molar-refractivity contribution in [2.75, 3.05) is 19.6 Å². The van der Waals surface area contributed by atoms with Gasteiger partial charge in [0.05, 0.1) is 0 Å². The molecule has 2 N–H and O–H groups in total. The fourth-order valence-corrected chi connectivity index (χ4v) is 2.94. The van der Waals surface area contributed by atoms with E-state index >= 15 is 0 Å². The molecule has 0 bridgehead atoms. The number of ether oxygens (including phenoxy) is 1. The molecule has 1 fully saturated rings. The predicted octanol–water partition coefficient (Wildman–Crippen LogP) is 3.31. The van der Waals surface area contributed by atoms with Crippen molar-refractivity contribution in [3.8, 4) is 5.75 Å². The molecular formula is C19H30N2O3. The average Bonchev–Trinajstić information content (AvgIpc) is 2.73. The van der Waals surface area contributed by atoms with Crippen LogP contribution < -0.4 is 5.32 Å². The molecule has 0 saturated carbocycles. The molecule has 24 heavy (non-hydrogen) atoms. The number of aromatic hydroxyl groups is 1. The van der Waals surface area contributed by atoms with Gasteiger partial charge in [-0.3, -0.25) is 0 Å². The Labute approximate surface area is 145 Å². The van der Waals surface area contributed by atoms with E-state index in [1.54, 1.807) is 6.07 Å². The van der Waals surface area contributed by atoms with Gasteiger partial charge in [0.1, 0.15) is 11.4 Å². The normalized spacial score (nSPS) is 19.0. The lowest BCUT2D eigenvalue weighted by atomic mass is 10.1. The number of hydrogen-bond donors (Lipinski definition) is 2. The zero-order valence-electron chi connectivity index (χ0n) is 15.0. The molecule has 1 aliphatic rings. The summed E-state index contributed by atoms with van der Waals surface area (Å²) in [5.41, 5.74) is 0.521. The number of para-hydroxylation sites is 1. The van der Waals surface area contributed by atoms with Gasteiger partial charge in [0.2, 0.25) is 0 Å². The smallest absolute Gasteiger partial charge is 0.410 e. The molecule has 0 radical (unpaired) electrons. The second-order valence-electron chi connectivity index (χ2n) is 7.43. The highest BCUT2D eigenvalue weighted by atomic mass is 16.6. The summed E-state index contributed by atoms with van der Waals surface area (Å²) in [4.78, 5) is 14.0. The number of amides is 1. The number of likely N-dealkylation sites (tertiary alicyclic amines) is 1. The van der Waals surface area contributed by atoms with E-state index < -0.39 is 5.60 Å². The van der Waals surface area contributed by atoms with Crippen LogP contribution in [0.2, 0.25) is 0 Å². The molecule has 1 aliphatic heterocycles. The fraction of sp³-hybridized carbons (Fsp3) is 0.632. The number of nitrogens with zero attached hydrogens (tertiary/aromatic N) is 1. The van der Waals surface area contributed by atoms with Crippen LogP contribution in [0.15, 0.2) is 24.3 Å². The van der Waals surface area contributed by atoms with Crippen molar-refractivity contribution in [1.29, 1.82) is 0 Å². The summed E-state index contributed by atoms with van der Waals surface area (Å²) < 4.78 is 5.46. The number of phenolic OH excluding ortho intramolecular Hbond substituents is 1. The van der Waals surface area contributed by atoms with Gasteiger partial charge in [-0.15, -0.1) is 0 Å². The quantitative estimate of drug-likeness (QED) is 0.887. The highest BCUT2D eigenvalue weighted by Gasteiger charge is 2.24. The minimum Gasteiger partial charge on any atom is -0.508 e. The Morgan fingerprint density at radius 3 is 2.75 bits per heavy atom. The van der Waals surface area contributed by atoms with Gasteiger partial charge in [-0.2, -0.15) is 0 Å². The molecule has 2 rings (SSSR count). The molecule has 0 unspecified atom stereocenters. The van der Waals surface area contributed by atoms with E-state index in [0.717, 1.165) is 50.9 Å². The number of hydrogen-bond acceptors (Lipinski definition) is 4. The van der Waals surface area contributed by atoms with Gasteiger partial charge in [-0.25, -0.2) is 4.79 Å². The minimum atomic E-state index is -0.446. The lowest BCUT2D eigenvalue weighted by Gasteiger charge is -2.26. The second kappa shape index (κ2) is 8.38. The Balaban J connectivity index is 1.75. The number of benzene rings is 1. The molecule has 1 aromatic carbocycles. The summed E-state index contributed by atoms with van der Waals surface area (Å²) in [6.07, 6.45) is 3.56. The summed E-state index contributed by atoms with van der Waals surface area (Å²) in [7, 11) is 0. The number of rotatable bonds is 4. The van der Waals surface area contributed by atoms with Crippen molar-refractivity contribution in [2.24, 2.45) is 0 Å². The third kappa shape index (κ3) is 6.04. The highest BCUT2D eigenvalue weighted by Crippen LogP contribution is 2.17. The van der Waals surface area contributed by atoms with Crippen LogP contribution in [0.1, 0.15) is 45.6 Å². The third-order valence-electron chi connectivity index (χ3n) is 4.20. The number of phenols is 1. The van der Waals surface area contributed by atoms with Gasteiger partial charge in [-0.05, 0) is 64.6 Å². The largest absolute Gasteiger partial charge is 0.508 e. The van der Waals surface area contributed by atoms with Crippen molar-refractivity contribution in [1.82, 2.24) is 10.2 Å². The Morgan fingerprint density at radius 1 is 1.29 bits per heavy atom. The Kier molecular flexibility index (Phi) is 6.49. The first-order chi connectivity index (χ1) is 11.3. The zero-order chi connectivity index (χ0) is 17.6. The lowest BCUT2D eigenvalue weighted by molar-refractivity contribution is 0.0256. The summed E-state index contributed by atoms with van der Waals surface area (Å²) in [6, 6.07) is 7.86. The van der Waals surface area contributed by atoms with E-state index in [-0.39, 0.29) is 6.09 Å². The topological polar surface area (TPSA) is 61.8 Å². The van der Waals surface area contributed by atoms with Gasteiger partial charge < -0.3 is 20.1 Å². The van der Waals surface area contributed by atoms with Crippen molar-refractivity contribution in [2.45, 2.75) is 58.1 Å². The Bertz CT molecular complexity index is 540. The van der Waals surface area contributed by atoms with Crippen molar-refractivity contribution in [3.63, 3.8) is 0 Å². The lowest BCUT2D eigenvalue weighted by Crippen LogP contribution is -2.38. The zero-order valence-corrected chi connectivity index (χ0v) is 15.0. The molecule has 1 amide bonds. The van der Waals surface area contributed by atoms with Gasteiger partial charge in [-0.1, -0.05) is 18.2 Å². The number of carbonyl (C=O) groups is 1. The Morgan fingerprint density at radius 2 is 2.04 bits per heavy atom. The van der Waals surface area contributed by atoms with Crippen LogP contribution in [0.25, 0.3) is 0 Å². The van der Waals surface area contributed by atoms with Crippen LogP contribution >= 0.6 is 0 Å². The molecule has 0 aromatic heterocycles. The van der Waals surface area contributed by atoms with Crippen LogP contribution in [0, 0.1) is 0 Å². The number of nitrogens with one attached hydrogen (secondary N) is 1. The summed E-state index contributed by atoms with van der Waals surface area (Å²) in [5, 5.41) is 13.4. The first kappa shape index (κ1) is 18.6. The maximum atomic E-state index is 12.2. The molecule has 5 heteroatoms. The first-order valence-corrected chi connectivity index (χ1v) is 8.83. The number of carbonyl (C=O) groups excluding carboxylic acids is 1. The van der Waals surface area contributed by atoms with Crippen molar-refractivity contribution in [3.05, 3.63) is 29.8 Å². The molecule has 0 aliphatic carbocycles. The van der Waals surface area contributed by atoms with Crippen LogP contribution in [0.5, 0.6) is 5.75 Å². The first-order valence-electron chi connectivity index (χ1n) is 8.83. The standard InChI is InChI=1S/C19H30N2O3/c1-19(2,3)24-18(23)21-13-6-8-16(11-14-21)20-12-10-15-7-4-5-9-17(15)22/h4-5,7,9,16,20,22H,6,8,10-14H2,1-3H3/t16-/m0/s1. The van der Waals surface area contributed by atoms with Gasteiger partial charge in [0, 0.05) is 19.1 Å². The Hall–Kier alpha value is -1.75. The molecule has 5 nitrogen and oxygen atoms in total. The molecule has 1 saturated heterocycles. The highest BCUT2D eigenvalue weighted by molar-refractivity contribution is 5.68. The minimum absolute atomic E-state index is 0.211. The second-order valence-corrected chi connectivity index (χ2v) is 7.43. The molecule has 1 aromatic rings. The SMILES string of the molecule is CC(C)(C)OC(=O)N1CCC[C@H](NCCc2ccccc2O)CC1. The van der Waals surface area contributed by atoms with Crippen LogP contribution in [0.3, 0.4) is 0 Å². The molecule has 0 spiro atoms. The van der Waals surface area contributed by atoms with Crippen LogP contribution in [-0.4, -0.2) is 47.4 Å². The maximum absolute atomic E-state index is 12.2. The monoisotopic (exact) mass is 334 g/mol.